The van der Waals surface area contributed by atoms with Crippen molar-refractivity contribution in [2.24, 2.45) is 0 Å². The van der Waals surface area contributed by atoms with E-state index >= 15 is 0 Å². The summed E-state index contributed by atoms with van der Waals surface area (Å²) in [5.74, 6) is -0.0787. The third kappa shape index (κ3) is 2.07. The van der Waals surface area contributed by atoms with Crippen LogP contribution in [0.15, 0.2) is 42.2 Å². The minimum atomic E-state index is -1.12. The van der Waals surface area contributed by atoms with Crippen molar-refractivity contribution in [2.75, 3.05) is 6.61 Å². The third-order valence-electron chi connectivity index (χ3n) is 2.31. The normalized spacial score (nSPS) is 16.7. The first kappa shape index (κ1) is 9.93. The number of benzene rings is 1. The molecule has 1 aliphatic rings. The Bertz CT molecular complexity index is 381. The van der Waals surface area contributed by atoms with Gasteiger partial charge in [0.15, 0.2) is 5.76 Å². The molecule has 3 nitrogen and oxygen atoms in total. The van der Waals surface area contributed by atoms with E-state index in [1.54, 1.807) is 30.3 Å². The highest BCUT2D eigenvalue weighted by atomic mass is 16.5. The molecule has 1 aromatic carbocycles. The molecule has 0 saturated carbocycles. The number of carbonyl (C=O) groups is 1. The lowest BCUT2D eigenvalue weighted by molar-refractivity contribution is -0.126. The second-order valence-electron chi connectivity index (χ2n) is 3.38. The number of aliphatic hydroxyl groups excluding tert-OH is 1. The van der Waals surface area contributed by atoms with Gasteiger partial charge in [-0.3, -0.25) is 4.79 Å². The maximum atomic E-state index is 11.7. The summed E-state index contributed by atoms with van der Waals surface area (Å²) in [6.45, 7) is 0.530. The van der Waals surface area contributed by atoms with Crippen LogP contribution in [0.3, 0.4) is 0 Å². The van der Waals surface area contributed by atoms with Crippen molar-refractivity contribution in [1.29, 1.82) is 0 Å². The van der Waals surface area contributed by atoms with Crippen LogP contribution in [0.2, 0.25) is 0 Å². The van der Waals surface area contributed by atoms with Gasteiger partial charge in [-0.25, -0.2) is 0 Å². The molecule has 15 heavy (non-hydrogen) atoms. The average molecular weight is 204 g/mol. The number of hydrogen-bond donors (Lipinski definition) is 1. The molecule has 2 rings (SSSR count). The first-order valence-corrected chi connectivity index (χ1v) is 4.89. The molecule has 1 unspecified atom stereocenters. The predicted molar refractivity (Wildman–Crippen MR) is 55.1 cm³/mol. The summed E-state index contributed by atoms with van der Waals surface area (Å²) in [6, 6.07) is 8.85. The minimum absolute atomic E-state index is 0.284. The fourth-order valence-electron chi connectivity index (χ4n) is 1.51. The van der Waals surface area contributed by atoms with Crippen molar-refractivity contribution >= 4 is 5.78 Å². The van der Waals surface area contributed by atoms with E-state index in [0.29, 0.717) is 12.2 Å². The van der Waals surface area contributed by atoms with Gasteiger partial charge in [0.1, 0.15) is 6.10 Å². The van der Waals surface area contributed by atoms with E-state index in [1.165, 1.54) is 0 Å². The van der Waals surface area contributed by atoms with Crippen molar-refractivity contribution in [3.63, 3.8) is 0 Å². The molecular formula is C12H12O3. The molecule has 0 saturated heterocycles. The monoisotopic (exact) mass is 204 g/mol. The van der Waals surface area contributed by atoms with Crippen molar-refractivity contribution in [2.45, 2.75) is 12.5 Å². The fraction of sp³-hybridized carbons (Fsp3) is 0.250. The van der Waals surface area contributed by atoms with Crippen molar-refractivity contribution in [3.8, 4) is 0 Å². The Kier molecular flexibility index (Phi) is 2.83. The first-order chi connectivity index (χ1) is 7.29. The van der Waals surface area contributed by atoms with Crippen molar-refractivity contribution in [1.82, 2.24) is 0 Å². The molecule has 3 heteroatoms. The zero-order valence-electron chi connectivity index (χ0n) is 8.22. The number of Topliss-reactive ketones (excluding diaryl/α,β-unsaturated/α-hetero) is 1. The summed E-state index contributed by atoms with van der Waals surface area (Å²) in [5, 5.41) is 9.78. The molecule has 0 aromatic heterocycles. The summed E-state index contributed by atoms with van der Waals surface area (Å²) >= 11 is 0. The van der Waals surface area contributed by atoms with Gasteiger partial charge in [-0.05, 0) is 11.6 Å². The van der Waals surface area contributed by atoms with Crippen molar-refractivity contribution in [3.05, 3.63) is 47.7 Å². The molecule has 1 N–H and O–H groups in total. The predicted octanol–water partition coefficient (Wildman–Crippen LogP) is 1.59. The largest absolute Gasteiger partial charge is 0.490 e. The summed E-state index contributed by atoms with van der Waals surface area (Å²) in [7, 11) is 0. The highest BCUT2D eigenvalue weighted by Crippen LogP contribution is 2.20. The van der Waals surface area contributed by atoms with Gasteiger partial charge in [0.05, 0.1) is 6.61 Å². The highest BCUT2D eigenvalue weighted by molar-refractivity contribution is 5.97. The molecule has 0 radical (unpaired) electrons. The van der Waals surface area contributed by atoms with E-state index < -0.39 is 6.10 Å². The second kappa shape index (κ2) is 4.28. The standard InChI is InChI=1S/C12H12O3/c13-11(9-5-2-1-3-6-9)12(14)10-7-4-8-15-10/h1-3,5-7,11,13H,4,8H2. The van der Waals surface area contributed by atoms with E-state index in [9.17, 15) is 9.90 Å². The van der Waals surface area contributed by atoms with Gasteiger partial charge in [0.25, 0.3) is 0 Å². The lowest BCUT2D eigenvalue weighted by Crippen LogP contribution is -2.14. The molecule has 0 amide bonds. The summed E-state index contributed by atoms with van der Waals surface area (Å²) in [6.07, 6.45) is 1.34. The molecule has 78 valence electrons. The lowest BCUT2D eigenvalue weighted by atomic mass is 10.0. The van der Waals surface area contributed by atoms with Gasteiger partial charge in [-0.15, -0.1) is 0 Å². The molecule has 0 aliphatic carbocycles. The van der Waals surface area contributed by atoms with Crippen LogP contribution >= 0.6 is 0 Å². The van der Waals surface area contributed by atoms with Crippen LogP contribution < -0.4 is 0 Å². The molecule has 0 bridgehead atoms. The SMILES string of the molecule is O=C(C1=CCCO1)C(O)c1ccccc1. The molecule has 1 aromatic rings. The fourth-order valence-corrected chi connectivity index (χ4v) is 1.51. The Morgan fingerprint density at radius 3 is 2.67 bits per heavy atom. The molecule has 1 aliphatic heterocycles. The molecule has 0 fully saturated rings. The van der Waals surface area contributed by atoms with E-state index in [1.807, 2.05) is 6.07 Å². The van der Waals surface area contributed by atoms with Gasteiger partial charge in [0, 0.05) is 6.42 Å². The topological polar surface area (TPSA) is 46.5 Å². The van der Waals surface area contributed by atoms with Crippen LogP contribution in [0.5, 0.6) is 0 Å². The van der Waals surface area contributed by atoms with E-state index in [2.05, 4.69) is 0 Å². The first-order valence-electron chi connectivity index (χ1n) is 4.89. The quantitative estimate of drug-likeness (QED) is 0.813. The van der Waals surface area contributed by atoms with Gasteiger partial charge in [-0.1, -0.05) is 30.3 Å². The highest BCUT2D eigenvalue weighted by Gasteiger charge is 2.24. The molecular weight excluding hydrogens is 192 g/mol. The maximum Gasteiger partial charge on any atom is 0.229 e. The summed E-state index contributed by atoms with van der Waals surface area (Å²) in [5.41, 5.74) is 0.596. The van der Waals surface area contributed by atoms with Gasteiger partial charge in [0.2, 0.25) is 5.78 Å². The smallest absolute Gasteiger partial charge is 0.229 e. The third-order valence-corrected chi connectivity index (χ3v) is 2.31. The zero-order chi connectivity index (χ0) is 10.7. The van der Waals surface area contributed by atoms with Crippen LogP contribution in [-0.4, -0.2) is 17.5 Å². The number of ketones is 1. The number of carbonyl (C=O) groups excluding carboxylic acids is 1. The van der Waals surface area contributed by atoms with E-state index in [-0.39, 0.29) is 11.5 Å². The van der Waals surface area contributed by atoms with E-state index in [4.69, 9.17) is 4.74 Å². The number of rotatable bonds is 3. The van der Waals surface area contributed by atoms with Crippen LogP contribution in [0, 0.1) is 0 Å². The average Bonchev–Trinajstić information content (AvgIpc) is 2.82. The Morgan fingerprint density at radius 1 is 1.33 bits per heavy atom. The summed E-state index contributed by atoms with van der Waals surface area (Å²) in [4.78, 5) is 11.7. The maximum absolute atomic E-state index is 11.7. The van der Waals surface area contributed by atoms with Gasteiger partial charge >= 0.3 is 0 Å². The number of hydrogen-bond acceptors (Lipinski definition) is 3. The number of aliphatic hydroxyl groups is 1. The molecule has 1 atom stereocenters. The van der Waals surface area contributed by atoms with Crippen LogP contribution in [-0.2, 0) is 9.53 Å². The van der Waals surface area contributed by atoms with Gasteiger partial charge < -0.3 is 9.84 Å². The summed E-state index contributed by atoms with van der Waals surface area (Å²) < 4.78 is 5.11. The van der Waals surface area contributed by atoms with Crippen LogP contribution in [0.25, 0.3) is 0 Å². The minimum Gasteiger partial charge on any atom is -0.490 e. The molecule has 0 spiro atoms. The van der Waals surface area contributed by atoms with Crippen LogP contribution in [0.4, 0.5) is 0 Å². The van der Waals surface area contributed by atoms with E-state index in [0.717, 1.165) is 6.42 Å². The van der Waals surface area contributed by atoms with Crippen LogP contribution in [0.1, 0.15) is 18.1 Å². The Morgan fingerprint density at radius 2 is 2.07 bits per heavy atom. The van der Waals surface area contributed by atoms with Gasteiger partial charge in [-0.2, -0.15) is 0 Å². The Balaban J connectivity index is 2.14. The Hall–Kier alpha value is -1.61. The zero-order valence-corrected chi connectivity index (χ0v) is 8.22. The Labute approximate surface area is 88.0 Å². The van der Waals surface area contributed by atoms with Crippen molar-refractivity contribution < 1.29 is 14.6 Å². The number of ether oxygens (including phenoxy) is 1. The molecule has 1 heterocycles. The second-order valence-corrected chi connectivity index (χ2v) is 3.38. The lowest BCUT2D eigenvalue weighted by Gasteiger charge is -2.10.